The summed E-state index contributed by atoms with van der Waals surface area (Å²) in [5.74, 6) is -0.611. The highest BCUT2D eigenvalue weighted by molar-refractivity contribution is 6.14. The summed E-state index contributed by atoms with van der Waals surface area (Å²) in [6.45, 7) is 14.7. The van der Waals surface area contributed by atoms with Gasteiger partial charge in [-0.1, -0.05) is 24.8 Å². The zero-order valence-electron chi connectivity index (χ0n) is 18.4. The van der Waals surface area contributed by atoms with Gasteiger partial charge in [0.05, 0.1) is 5.52 Å². The van der Waals surface area contributed by atoms with Crippen LogP contribution in [0.15, 0.2) is 30.8 Å². The minimum absolute atomic E-state index is 0.0683. The zero-order chi connectivity index (χ0) is 22.4. The second-order valence-corrected chi connectivity index (χ2v) is 9.35. The summed E-state index contributed by atoms with van der Waals surface area (Å²) in [7, 11) is 0. The first kappa shape index (κ1) is 21.6. The van der Waals surface area contributed by atoms with E-state index in [4.69, 9.17) is 9.47 Å². The second kappa shape index (κ2) is 7.31. The lowest BCUT2D eigenvalue weighted by Crippen LogP contribution is -2.42. The quantitative estimate of drug-likeness (QED) is 0.593. The summed E-state index contributed by atoms with van der Waals surface area (Å²) < 4.78 is 12.2. The van der Waals surface area contributed by atoms with E-state index in [1.54, 1.807) is 53.7 Å². The third-order valence-electron chi connectivity index (χ3n) is 4.50. The number of imide groups is 1. The summed E-state index contributed by atoms with van der Waals surface area (Å²) in [6.07, 6.45) is -1.07. The maximum atomic E-state index is 13.5. The average molecular weight is 412 g/mol. The number of hydrogen-bond acceptors (Lipinski definition) is 5. The highest BCUT2D eigenvalue weighted by Gasteiger charge is 2.38. The zero-order valence-corrected chi connectivity index (χ0v) is 18.4. The molecule has 0 spiro atoms. The van der Waals surface area contributed by atoms with Crippen LogP contribution in [0.5, 0.6) is 0 Å². The molecule has 1 aromatic carbocycles. The van der Waals surface area contributed by atoms with Crippen molar-refractivity contribution >= 4 is 34.6 Å². The van der Waals surface area contributed by atoms with Crippen LogP contribution in [-0.2, 0) is 9.47 Å². The first-order chi connectivity index (χ1) is 13.8. The Morgan fingerprint density at radius 3 is 2.13 bits per heavy atom. The van der Waals surface area contributed by atoms with Gasteiger partial charge in [0.25, 0.3) is 5.91 Å². The van der Waals surface area contributed by atoms with Crippen LogP contribution in [-0.4, -0.2) is 45.3 Å². The third-order valence-corrected chi connectivity index (χ3v) is 4.50. The number of para-hydroxylation sites is 1. The summed E-state index contributed by atoms with van der Waals surface area (Å²) in [6, 6.07) is 7.18. The van der Waals surface area contributed by atoms with Crippen LogP contribution in [0.1, 0.15) is 64.0 Å². The number of amides is 2. The molecular formula is C23H28N2O5. The normalized spacial score (nSPS) is 15.1. The highest BCUT2D eigenvalue weighted by Crippen LogP contribution is 2.36. The molecule has 30 heavy (non-hydrogen) atoms. The van der Waals surface area contributed by atoms with Crippen molar-refractivity contribution in [3.63, 3.8) is 0 Å². The van der Waals surface area contributed by atoms with E-state index >= 15 is 0 Å². The van der Waals surface area contributed by atoms with Crippen LogP contribution in [0.25, 0.3) is 16.5 Å². The number of carbonyl (C=O) groups excluding carboxylic acids is 3. The van der Waals surface area contributed by atoms with E-state index in [1.807, 2.05) is 12.1 Å². The first-order valence-electron chi connectivity index (χ1n) is 9.90. The molecule has 0 aliphatic carbocycles. The molecule has 1 aliphatic heterocycles. The lowest BCUT2D eigenvalue weighted by atomic mass is 10.0. The molecule has 0 fully saturated rings. The van der Waals surface area contributed by atoms with Gasteiger partial charge in [-0.15, -0.1) is 0 Å². The molecule has 3 rings (SSSR count). The van der Waals surface area contributed by atoms with E-state index in [0.29, 0.717) is 28.5 Å². The van der Waals surface area contributed by atoms with Crippen molar-refractivity contribution in [2.45, 2.75) is 59.2 Å². The molecule has 0 unspecified atom stereocenters. The Kier molecular flexibility index (Phi) is 5.26. The smallest absolute Gasteiger partial charge is 0.419 e. The molecule has 0 bridgehead atoms. The van der Waals surface area contributed by atoms with Crippen molar-refractivity contribution in [3.8, 4) is 0 Å². The Morgan fingerprint density at radius 2 is 1.53 bits per heavy atom. The molecule has 0 N–H and O–H groups in total. The van der Waals surface area contributed by atoms with E-state index in [-0.39, 0.29) is 12.2 Å². The Hall–Kier alpha value is -3.09. The van der Waals surface area contributed by atoms with Crippen LogP contribution in [0, 0.1) is 0 Å². The summed E-state index contributed by atoms with van der Waals surface area (Å²) in [5, 5.41) is 0.711. The lowest BCUT2D eigenvalue weighted by molar-refractivity contribution is 0.0238. The maximum Gasteiger partial charge on any atom is 0.419 e. The van der Waals surface area contributed by atoms with Crippen molar-refractivity contribution in [1.82, 2.24) is 9.47 Å². The van der Waals surface area contributed by atoms with Crippen LogP contribution in [0.4, 0.5) is 9.59 Å². The van der Waals surface area contributed by atoms with Gasteiger partial charge in [-0.3, -0.25) is 4.79 Å². The molecule has 7 heteroatoms. The van der Waals surface area contributed by atoms with Crippen LogP contribution in [0.2, 0.25) is 0 Å². The number of benzene rings is 1. The molecule has 0 saturated carbocycles. The topological polar surface area (TPSA) is 77.8 Å². The van der Waals surface area contributed by atoms with Gasteiger partial charge in [0, 0.05) is 17.5 Å². The van der Waals surface area contributed by atoms with Crippen molar-refractivity contribution in [2.24, 2.45) is 0 Å². The summed E-state index contributed by atoms with van der Waals surface area (Å²) >= 11 is 0. The predicted octanol–water partition coefficient (Wildman–Crippen LogP) is 5.22. The molecule has 1 aromatic heterocycles. The monoisotopic (exact) mass is 412 g/mol. The predicted molar refractivity (Wildman–Crippen MR) is 114 cm³/mol. The summed E-state index contributed by atoms with van der Waals surface area (Å²) in [4.78, 5) is 40.4. The van der Waals surface area contributed by atoms with Gasteiger partial charge >= 0.3 is 12.2 Å². The molecule has 1 aliphatic rings. The van der Waals surface area contributed by atoms with Gasteiger partial charge < -0.3 is 9.47 Å². The van der Waals surface area contributed by atoms with Crippen molar-refractivity contribution in [1.29, 1.82) is 0 Å². The Morgan fingerprint density at radius 1 is 0.967 bits per heavy atom. The number of aromatic nitrogens is 1. The summed E-state index contributed by atoms with van der Waals surface area (Å²) in [5.41, 5.74) is 0.304. The molecule has 2 aromatic rings. The number of carbonyl (C=O) groups is 3. The molecular weight excluding hydrogens is 384 g/mol. The van der Waals surface area contributed by atoms with E-state index in [1.165, 1.54) is 4.57 Å². The fraction of sp³-hybridized carbons (Fsp3) is 0.435. The van der Waals surface area contributed by atoms with E-state index in [9.17, 15) is 14.4 Å². The minimum atomic E-state index is -0.763. The van der Waals surface area contributed by atoms with Crippen LogP contribution >= 0.6 is 0 Å². The van der Waals surface area contributed by atoms with Gasteiger partial charge in [0.1, 0.15) is 16.9 Å². The van der Waals surface area contributed by atoms with E-state index in [0.717, 1.165) is 4.90 Å². The molecule has 0 saturated heterocycles. The van der Waals surface area contributed by atoms with Crippen LogP contribution in [0.3, 0.4) is 0 Å². The number of fused-ring (bicyclic) bond motifs is 3. The second-order valence-electron chi connectivity index (χ2n) is 9.35. The van der Waals surface area contributed by atoms with Gasteiger partial charge in [-0.2, -0.15) is 0 Å². The van der Waals surface area contributed by atoms with Crippen LogP contribution < -0.4 is 0 Å². The molecule has 7 nitrogen and oxygen atoms in total. The minimum Gasteiger partial charge on any atom is -0.443 e. The number of nitrogens with zero attached hydrogens (tertiary/aromatic N) is 2. The first-order valence-corrected chi connectivity index (χ1v) is 9.90. The van der Waals surface area contributed by atoms with Crippen molar-refractivity contribution in [3.05, 3.63) is 42.1 Å². The number of ether oxygens (including phenoxy) is 2. The Labute approximate surface area is 176 Å². The van der Waals surface area contributed by atoms with Crippen molar-refractivity contribution < 1.29 is 23.9 Å². The maximum absolute atomic E-state index is 13.5. The Bertz CT molecular complexity index is 1050. The van der Waals surface area contributed by atoms with Gasteiger partial charge in [-0.25, -0.2) is 19.1 Å². The average Bonchev–Trinajstić information content (AvgIpc) is 2.87. The fourth-order valence-electron chi connectivity index (χ4n) is 3.39. The SMILES string of the molecule is C=C1CCN(C(=O)OC(C)(C)C)C(=O)c2c1c1ccccc1n2C(=O)OC(C)(C)C. The molecule has 0 radical (unpaired) electrons. The largest absolute Gasteiger partial charge is 0.443 e. The van der Waals surface area contributed by atoms with Gasteiger partial charge in [0.15, 0.2) is 0 Å². The molecule has 2 amide bonds. The Balaban J connectivity index is 2.22. The molecule has 160 valence electrons. The highest BCUT2D eigenvalue weighted by atomic mass is 16.6. The van der Waals surface area contributed by atoms with Gasteiger partial charge in [0.2, 0.25) is 0 Å². The van der Waals surface area contributed by atoms with E-state index < -0.39 is 29.3 Å². The molecule has 2 heterocycles. The molecule has 0 atom stereocenters. The number of hydrogen-bond donors (Lipinski definition) is 0. The van der Waals surface area contributed by atoms with E-state index in [2.05, 4.69) is 6.58 Å². The standard InChI is InChI=1S/C23H28N2O5/c1-14-12-13-24(20(27)29-22(2,3)4)19(26)18-17(14)15-10-8-9-11-16(15)25(18)21(28)30-23(5,6)7/h8-11H,1,12-13H2,2-7H3. The fourth-order valence-corrected chi connectivity index (χ4v) is 3.39. The third kappa shape index (κ3) is 4.10. The van der Waals surface area contributed by atoms with Gasteiger partial charge in [-0.05, 0) is 59.6 Å². The lowest BCUT2D eigenvalue weighted by Gasteiger charge is -2.26. The number of rotatable bonds is 0. The van der Waals surface area contributed by atoms with Crippen molar-refractivity contribution in [2.75, 3.05) is 6.54 Å².